The van der Waals surface area contributed by atoms with E-state index in [0.29, 0.717) is 23.5 Å². The number of rotatable bonds is 5. The van der Waals surface area contributed by atoms with Gasteiger partial charge in [0.2, 0.25) is 5.91 Å². The molecule has 0 unspecified atom stereocenters. The lowest BCUT2D eigenvalue weighted by molar-refractivity contribution is -0.114. The molecule has 120 valence electrons. The van der Waals surface area contributed by atoms with Crippen LogP contribution < -0.4 is 15.4 Å². The Morgan fingerprint density at radius 1 is 1.00 bits per heavy atom. The standard InChI is InChI=1S/C18H20N2O3/c1-4-23-15-10-8-14(9-11-15)18(22)20-17-7-5-6-16(12(17)2)19-13(3)21/h5-11H,4H2,1-3H3,(H,19,21)(H,20,22). The molecule has 5 nitrogen and oxygen atoms in total. The van der Waals surface area contributed by atoms with Crippen LogP contribution >= 0.6 is 0 Å². The monoisotopic (exact) mass is 312 g/mol. The van der Waals surface area contributed by atoms with Crippen LogP contribution in [0.3, 0.4) is 0 Å². The molecule has 0 atom stereocenters. The highest BCUT2D eigenvalue weighted by Crippen LogP contribution is 2.24. The Bertz CT molecular complexity index is 709. The fourth-order valence-corrected chi connectivity index (χ4v) is 2.16. The summed E-state index contributed by atoms with van der Waals surface area (Å²) >= 11 is 0. The minimum absolute atomic E-state index is 0.150. The van der Waals surface area contributed by atoms with E-state index in [2.05, 4.69) is 10.6 Å². The summed E-state index contributed by atoms with van der Waals surface area (Å²) in [5.74, 6) is 0.368. The van der Waals surface area contributed by atoms with Crippen molar-refractivity contribution in [1.82, 2.24) is 0 Å². The van der Waals surface area contributed by atoms with Crippen LogP contribution in [0.2, 0.25) is 0 Å². The van der Waals surface area contributed by atoms with Gasteiger partial charge in [0.25, 0.3) is 5.91 Å². The largest absolute Gasteiger partial charge is 0.494 e. The Hall–Kier alpha value is -2.82. The minimum atomic E-state index is -0.212. The van der Waals surface area contributed by atoms with Crippen molar-refractivity contribution in [3.8, 4) is 5.75 Å². The predicted molar refractivity (Wildman–Crippen MR) is 91.0 cm³/mol. The van der Waals surface area contributed by atoms with Gasteiger partial charge in [0, 0.05) is 23.9 Å². The Balaban J connectivity index is 2.15. The molecule has 0 bridgehead atoms. The quantitative estimate of drug-likeness (QED) is 0.886. The maximum absolute atomic E-state index is 12.3. The van der Waals surface area contributed by atoms with E-state index in [-0.39, 0.29) is 11.8 Å². The molecule has 2 N–H and O–H groups in total. The Morgan fingerprint density at radius 2 is 1.61 bits per heavy atom. The number of benzene rings is 2. The molecule has 0 aliphatic carbocycles. The summed E-state index contributed by atoms with van der Waals surface area (Å²) in [6.45, 7) is 5.79. The van der Waals surface area contributed by atoms with E-state index >= 15 is 0 Å². The SMILES string of the molecule is CCOc1ccc(C(=O)Nc2cccc(NC(C)=O)c2C)cc1. The van der Waals surface area contributed by atoms with Gasteiger partial charge in [-0.1, -0.05) is 6.07 Å². The molecular weight excluding hydrogens is 292 g/mol. The van der Waals surface area contributed by atoms with Crippen molar-refractivity contribution in [1.29, 1.82) is 0 Å². The maximum Gasteiger partial charge on any atom is 0.255 e. The first kappa shape index (κ1) is 16.5. The van der Waals surface area contributed by atoms with Gasteiger partial charge in [0.15, 0.2) is 0 Å². The van der Waals surface area contributed by atoms with Crippen molar-refractivity contribution in [3.63, 3.8) is 0 Å². The normalized spacial score (nSPS) is 10.0. The average Bonchev–Trinajstić information content (AvgIpc) is 2.52. The molecule has 2 rings (SSSR count). The van der Waals surface area contributed by atoms with Gasteiger partial charge in [0.05, 0.1) is 6.61 Å². The molecule has 0 saturated carbocycles. The smallest absolute Gasteiger partial charge is 0.255 e. The van der Waals surface area contributed by atoms with Crippen molar-refractivity contribution in [2.75, 3.05) is 17.2 Å². The molecule has 2 amide bonds. The number of hydrogen-bond donors (Lipinski definition) is 2. The molecule has 23 heavy (non-hydrogen) atoms. The Morgan fingerprint density at radius 3 is 2.17 bits per heavy atom. The summed E-state index contributed by atoms with van der Waals surface area (Å²) in [5.41, 5.74) is 2.69. The zero-order valence-corrected chi connectivity index (χ0v) is 13.5. The van der Waals surface area contributed by atoms with E-state index in [9.17, 15) is 9.59 Å². The highest BCUT2D eigenvalue weighted by Gasteiger charge is 2.10. The molecule has 0 heterocycles. The summed E-state index contributed by atoms with van der Waals surface area (Å²) in [6.07, 6.45) is 0. The number of hydrogen-bond acceptors (Lipinski definition) is 3. The molecule has 0 radical (unpaired) electrons. The fraction of sp³-hybridized carbons (Fsp3) is 0.222. The summed E-state index contributed by atoms with van der Waals surface area (Å²) in [6, 6.07) is 12.3. The number of nitrogens with one attached hydrogen (secondary N) is 2. The molecule has 0 aliphatic heterocycles. The third-order valence-corrected chi connectivity index (χ3v) is 3.32. The van der Waals surface area contributed by atoms with Crippen LogP contribution in [0.5, 0.6) is 5.75 Å². The lowest BCUT2D eigenvalue weighted by Crippen LogP contribution is -2.14. The van der Waals surface area contributed by atoms with Crippen LogP contribution in [-0.2, 0) is 4.79 Å². The lowest BCUT2D eigenvalue weighted by Gasteiger charge is -2.13. The highest BCUT2D eigenvalue weighted by molar-refractivity contribution is 6.05. The topological polar surface area (TPSA) is 67.4 Å². The van der Waals surface area contributed by atoms with E-state index in [0.717, 1.165) is 11.3 Å². The molecule has 0 aromatic heterocycles. The van der Waals surface area contributed by atoms with Crippen molar-refractivity contribution in [2.24, 2.45) is 0 Å². The van der Waals surface area contributed by atoms with Crippen molar-refractivity contribution in [2.45, 2.75) is 20.8 Å². The van der Waals surface area contributed by atoms with Crippen LogP contribution in [0.25, 0.3) is 0 Å². The number of carbonyl (C=O) groups excluding carboxylic acids is 2. The molecule has 2 aromatic carbocycles. The van der Waals surface area contributed by atoms with Crippen molar-refractivity contribution >= 4 is 23.2 Å². The number of ether oxygens (including phenoxy) is 1. The Labute approximate surface area is 135 Å². The lowest BCUT2D eigenvalue weighted by atomic mass is 10.1. The molecule has 5 heteroatoms. The van der Waals surface area contributed by atoms with Crippen LogP contribution in [-0.4, -0.2) is 18.4 Å². The van der Waals surface area contributed by atoms with Crippen LogP contribution in [0, 0.1) is 6.92 Å². The van der Waals surface area contributed by atoms with Gasteiger partial charge >= 0.3 is 0 Å². The first-order chi connectivity index (χ1) is 11.0. The zero-order valence-electron chi connectivity index (χ0n) is 13.5. The summed E-state index contributed by atoms with van der Waals surface area (Å²) in [4.78, 5) is 23.5. The average molecular weight is 312 g/mol. The van der Waals surface area contributed by atoms with E-state index in [4.69, 9.17) is 4.74 Å². The van der Waals surface area contributed by atoms with Crippen molar-refractivity contribution < 1.29 is 14.3 Å². The van der Waals surface area contributed by atoms with Crippen LogP contribution in [0.15, 0.2) is 42.5 Å². The number of amides is 2. The summed E-state index contributed by atoms with van der Waals surface area (Å²) < 4.78 is 5.36. The van der Waals surface area contributed by atoms with E-state index in [1.54, 1.807) is 42.5 Å². The predicted octanol–water partition coefficient (Wildman–Crippen LogP) is 3.60. The molecular formula is C18H20N2O3. The first-order valence-electron chi connectivity index (χ1n) is 7.42. The molecule has 0 spiro atoms. The van der Waals surface area contributed by atoms with Crippen molar-refractivity contribution in [3.05, 3.63) is 53.6 Å². The zero-order chi connectivity index (χ0) is 16.8. The third kappa shape index (κ3) is 4.32. The third-order valence-electron chi connectivity index (χ3n) is 3.32. The van der Waals surface area contributed by atoms with E-state index in [1.807, 2.05) is 13.8 Å². The summed E-state index contributed by atoms with van der Waals surface area (Å²) in [7, 11) is 0. The second kappa shape index (κ2) is 7.45. The van der Waals surface area contributed by atoms with Crippen LogP contribution in [0.4, 0.5) is 11.4 Å². The molecule has 0 saturated heterocycles. The van der Waals surface area contributed by atoms with Gasteiger partial charge < -0.3 is 15.4 Å². The van der Waals surface area contributed by atoms with E-state index < -0.39 is 0 Å². The Kier molecular flexibility index (Phi) is 5.36. The first-order valence-corrected chi connectivity index (χ1v) is 7.42. The summed E-state index contributed by atoms with van der Waals surface area (Å²) in [5, 5.41) is 5.60. The second-order valence-corrected chi connectivity index (χ2v) is 5.07. The van der Waals surface area contributed by atoms with Gasteiger partial charge in [-0.25, -0.2) is 0 Å². The van der Waals surface area contributed by atoms with Gasteiger partial charge in [-0.3, -0.25) is 9.59 Å². The van der Waals surface area contributed by atoms with Gasteiger partial charge in [-0.05, 0) is 55.8 Å². The minimum Gasteiger partial charge on any atom is -0.494 e. The molecule has 0 fully saturated rings. The maximum atomic E-state index is 12.3. The molecule has 2 aromatic rings. The second-order valence-electron chi connectivity index (χ2n) is 5.07. The number of carbonyl (C=O) groups is 2. The molecule has 0 aliphatic rings. The fourth-order valence-electron chi connectivity index (χ4n) is 2.16. The number of anilines is 2. The highest BCUT2D eigenvalue weighted by atomic mass is 16.5. The van der Waals surface area contributed by atoms with Gasteiger partial charge in [-0.15, -0.1) is 0 Å². The van der Waals surface area contributed by atoms with Gasteiger partial charge in [0.1, 0.15) is 5.75 Å². The van der Waals surface area contributed by atoms with Gasteiger partial charge in [-0.2, -0.15) is 0 Å². The van der Waals surface area contributed by atoms with E-state index in [1.165, 1.54) is 6.92 Å². The van der Waals surface area contributed by atoms with Crippen LogP contribution in [0.1, 0.15) is 29.8 Å².